The summed E-state index contributed by atoms with van der Waals surface area (Å²) in [6, 6.07) is 11.8. The monoisotopic (exact) mass is 369 g/mol. The highest BCUT2D eigenvalue weighted by molar-refractivity contribution is 5.90. The van der Waals surface area contributed by atoms with Crippen molar-refractivity contribution in [1.82, 2.24) is 0 Å². The second-order valence-electron chi connectivity index (χ2n) is 6.72. The van der Waals surface area contributed by atoms with E-state index in [1.54, 1.807) is 36.4 Å². The van der Waals surface area contributed by atoms with Gasteiger partial charge in [0.05, 0.1) is 11.1 Å². The van der Waals surface area contributed by atoms with Crippen LogP contribution in [0, 0.1) is 0 Å². The molecule has 0 radical (unpaired) electrons. The zero-order valence-corrected chi connectivity index (χ0v) is 15.5. The summed E-state index contributed by atoms with van der Waals surface area (Å²) in [4.78, 5) is 22.4. The highest BCUT2D eigenvalue weighted by Gasteiger charge is 2.11. The van der Waals surface area contributed by atoms with Gasteiger partial charge in [-0.3, -0.25) is 0 Å². The average Bonchev–Trinajstić information content (AvgIpc) is 2.67. The molecule has 5 nitrogen and oxygen atoms in total. The topological polar surface area (TPSA) is 101 Å². The summed E-state index contributed by atoms with van der Waals surface area (Å²) in [6.45, 7) is 0.742. The van der Waals surface area contributed by atoms with Gasteiger partial charge in [0.1, 0.15) is 0 Å². The third-order valence-electron chi connectivity index (χ3n) is 4.70. The first kappa shape index (κ1) is 20.6. The van der Waals surface area contributed by atoms with Gasteiger partial charge in [-0.25, -0.2) is 9.59 Å². The molecule has 0 unspecified atom stereocenters. The molecule has 0 fully saturated rings. The van der Waals surface area contributed by atoms with Crippen molar-refractivity contribution in [2.24, 2.45) is 5.73 Å². The van der Waals surface area contributed by atoms with Gasteiger partial charge in [-0.15, -0.1) is 0 Å². The Hall–Kier alpha value is -2.66. The van der Waals surface area contributed by atoms with Crippen molar-refractivity contribution in [1.29, 1.82) is 0 Å². The van der Waals surface area contributed by atoms with E-state index in [-0.39, 0.29) is 11.1 Å². The van der Waals surface area contributed by atoms with Crippen LogP contribution in [0.2, 0.25) is 0 Å². The standard InChI is InChI=1S/C22H27NO4/c23-14-6-4-2-1-3-5-7-18-15-19(22(26)27)12-13-20(18)16-8-10-17(11-9-16)21(24)25/h8-13,15H,1-7,14,23H2,(H,24,25)(H,26,27). The molecule has 0 aliphatic heterocycles. The minimum Gasteiger partial charge on any atom is -0.478 e. The van der Waals surface area contributed by atoms with Crippen molar-refractivity contribution in [3.63, 3.8) is 0 Å². The summed E-state index contributed by atoms with van der Waals surface area (Å²) in [5.41, 5.74) is 8.86. The van der Waals surface area contributed by atoms with Crippen LogP contribution in [0.15, 0.2) is 42.5 Å². The lowest BCUT2D eigenvalue weighted by atomic mass is 9.93. The van der Waals surface area contributed by atoms with Crippen molar-refractivity contribution < 1.29 is 19.8 Å². The number of nitrogens with two attached hydrogens (primary N) is 1. The van der Waals surface area contributed by atoms with Crippen molar-refractivity contribution >= 4 is 11.9 Å². The maximum absolute atomic E-state index is 11.3. The Morgan fingerprint density at radius 3 is 1.89 bits per heavy atom. The van der Waals surface area contributed by atoms with E-state index in [9.17, 15) is 14.7 Å². The number of benzene rings is 2. The Bertz CT molecular complexity index is 768. The van der Waals surface area contributed by atoms with Gasteiger partial charge in [0.25, 0.3) is 0 Å². The molecule has 2 aromatic rings. The minimum absolute atomic E-state index is 0.236. The van der Waals surface area contributed by atoms with Gasteiger partial charge in [0.2, 0.25) is 0 Å². The second kappa shape index (κ2) is 10.5. The van der Waals surface area contributed by atoms with Crippen molar-refractivity contribution in [2.75, 3.05) is 6.54 Å². The number of carboxylic acids is 2. The highest BCUT2D eigenvalue weighted by atomic mass is 16.4. The molecule has 4 N–H and O–H groups in total. The van der Waals surface area contributed by atoms with E-state index >= 15 is 0 Å². The van der Waals surface area contributed by atoms with Gasteiger partial charge in [-0.2, -0.15) is 0 Å². The number of hydrogen-bond donors (Lipinski definition) is 3. The van der Waals surface area contributed by atoms with Crippen molar-refractivity contribution in [3.8, 4) is 11.1 Å². The molecule has 2 aromatic carbocycles. The molecule has 27 heavy (non-hydrogen) atoms. The summed E-state index contributed by atoms with van der Waals surface area (Å²) in [5, 5.41) is 18.3. The van der Waals surface area contributed by atoms with Gasteiger partial charge >= 0.3 is 11.9 Å². The summed E-state index contributed by atoms with van der Waals surface area (Å²) < 4.78 is 0. The Labute approximate surface area is 159 Å². The lowest BCUT2D eigenvalue weighted by Gasteiger charge is -2.12. The molecule has 0 amide bonds. The molecule has 0 aliphatic rings. The normalized spacial score (nSPS) is 10.7. The zero-order valence-electron chi connectivity index (χ0n) is 15.5. The Kier molecular flexibility index (Phi) is 8.01. The summed E-state index contributed by atoms with van der Waals surface area (Å²) in [7, 11) is 0. The molecule has 0 heterocycles. The molecule has 0 bridgehead atoms. The molecule has 0 aliphatic carbocycles. The lowest BCUT2D eigenvalue weighted by Crippen LogP contribution is -2.00. The number of aromatic carboxylic acids is 2. The first-order valence-corrected chi connectivity index (χ1v) is 9.43. The Morgan fingerprint density at radius 2 is 1.30 bits per heavy atom. The van der Waals surface area contributed by atoms with Crippen LogP contribution in [0.4, 0.5) is 0 Å². The van der Waals surface area contributed by atoms with Gasteiger partial charge in [0.15, 0.2) is 0 Å². The molecule has 144 valence electrons. The molecule has 0 saturated carbocycles. The molecule has 0 saturated heterocycles. The van der Waals surface area contributed by atoms with Crippen LogP contribution >= 0.6 is 0 Å². The van der Waals surface area contributed by atoms with Crippen LogP contribution in [-0.2, 0) is 6.42 Å². The van der Waals surface area contributed by atoms with Gasteiger partial charge in [-0.05, 0) is 66.8 Å². The van der Waals surface area contributed by atoms with Crippen LogP contribution in [-0.4, -0.2) is 28.7 Å². The van der Waals surface area contributed by atoms with E-state index in [0.29, 0.717) is 0 Å². The number of hydrogen-bond acceptors (Lipinski definition) is 3. The van der Waals surface area contributed by atoms with Crippen LogP contribution in [0.5, 0.6) is 0 Å². The Balaban J connectivity index is 2.11. The molecular formula is C22H27NO4. The van der Waals surface area contributed by atoms with Crippen LogP contribution in [0.25, 0.3) is 11.1 Å². The predicted octanol–water partition coefficient (Wildman–Crippen LogP) is 4.59. The van der Waals surface area contributed by atoms with Crippen LogP contribution in [0.1, 0.15) is 64.8 Å². The van der Waals surface area contributed by atoms with E-state index in [1.807, 2.05) is 6.07 Å². The molecular weight excluding hydrogens is 342 g/mol. The minimum atomic E-state index is -0.961. The smallest absolute Gasteiger partial charge is 0.335 e. The summed E-state index contributed by atoms with van der Waals surface area (Å²) in [5.74, 6) is -1.90. The van der Waals surface area contributed by atoms with Crippen molar-refractivity contribution in [2.45, 2.75) is 44.9 Å². The maximum atomic E-state index is 11.3. The van der Waals surface area contributed by atoms with Crippen LogP contribution < -0.4 is 5.73 Å². The number of aryl methyl sites for hydroxylation is 1. The fraction of sp³-hybridized carbons (Fsp3) is 0.364. The van der Waals surface area contributed by atoms with E-state index in [1.165, 1.54) is 6.42 Å². The fourth-order valence-corrected chi connectivity index (χ4v) is 3.17. The fourth-order valence-electron chi connectivity index (χ4n) is 3.17. The first-order valence-electron chi connectivity index (χ1n) is 9.43. The third kappa shape index (κ3) is 6.22. The Morgan fingerprint density at radius 1 is 0.741 bits per heavy atom. The van der Waals surface area contributed by atoms with Crippen LogP contribution in [0.3, 0.4) is 0 Å². The van der Waals surface area contributed by atoms with Gasteiger partial charge in [-0.1, -0.05) is 43.9 Å². The largest absolute Gasteiger partial charge is 0.478 e. The summed E-state index contributed by atoms with van der Waals surface area (Å²) in [6.07, 6.45) is 7.44. The molecule has 0 spiro atoms. The van der Waals surface area contributed by atoms with Gasteiger partial charge < -0.3 is 15.9 Å². The SMILES string of the molecule is NCCCCCCCCc1cc(C(=O)O)ccc1-c1ccc(C(=O)O)cc1. The van der Waals surface area contributed by atoms with Crippen molar-refractivity contribution in [3.05, 3.63) is 59.2 Å². The van der Waals surface area contributed by atoms with Gasteiger partial charge in [0, 0.05) is 0 Å². The summed E-state index contributed by atoms with van der Waals surface area (Å²) >= 11 is 0. The quantitative estimate of drug-likeness (QED) is 0.503. The number of rotatable bonds is 11. The second-order valence-corrected chi connectivity index (χ2v) is 6.72. The molecule has 5 heteroatoms. The van der Waals surface area contributed by atoms with E-state index in [0.717, 1.165) is 61.8 Å². The number of unbranched alkanes of at least 4 members (excludes halogenated alkanes) is 5. The highest BCUT2D eigenvalue weighted by Crippen LogP contribution is 2.27. The number of carbonyl (C=O) groups is 2. The predicted molar refractivity (Wildman–Crippen MR) is 106 cm³/mol. The molecule has 0 atom stereocenters. The molecule has 0 aromatic heterocycles. The zero-order chi connectivity index (χ0) is 19.6. The third-order valence-corrected chi connectivity index (χ3v) is 4.70. The molecule has 2 rings (SSSR count). The first-order chi connectivity index (χ1) is 13.0. The van der Waals surface area contributed by atoms with E-state index in [4.69, 9.17) is 10.8 Å². The van der Waals surface area contributed by atoms with E-state index < -0.39 is 11.9 Å². The number of carboxylic acid groups (broad SMARTS) is 2. The maximum Gasteiger partial charge on any atom is 0.335 e. The van der Waals surface area contributed by atoms with E-state index in [2.05, 4.69) is 0 Å². The lowest BCUT2D eigenvalue weighted by molar-refractivity contribution is 0.0686. The average molecular weight is 369 g/mol.